The highest BCUT2D eigenvalue weighted by atomic mass is 16.3. The number of aryl methyl sites for hydroxylation is 2. The summed E-state index contributed by atoms with van der Waals surface area (Å²) in [6, 6.07) is 6.81. The number of benzene rings is 1. The minimum atomic E-state index is -0.00576. The van der Waals surface area contributed by atoms with E-state index in [-0.39, 0.29) is 19.1 Å². The number of allylic oxidation sites excluding steroid dienone is 4. The Kier molecular flexibility index (Phi) is 7.92. The van der Waals surface area contributed by atoms with Crippen molar-refractivity contribution >= 4 is 5.57 Å². The zero-order valence-corrected chi connectivity index (χ0v) is 16.1. The van der Waals surface area contributed by atoms with E-state index in [1.807, 2.05) is 0 Å². The Morgan fingerprint density at radius 1 is 1.08 bits per heavy atom. The summed E-state index contributed by atoms with van der Waals surface area (Å²) in [6.07, 6.45) is 11.0. The highest BCUT2D eigenvalue weighted by Gasteiger charge is 2.17. The third kappa shape index (κ3) is 5.29. The molecule has 0 aliphatic heterocycles. The average molecular weight is 343 g/mol. The van der Waals surface area contributed by atoms with Crippen molar-refractivity contribution in [1.82, 2.24) is 0 Å². The lowest BCUT2D eigenvalue weighted by Gasteiger charge is -2.23. The summed E-state index contributed by atoms with van der Waals surface area (Å²) < 4.78 is 0. The first kappa shape index (κ1) is 19.9. The first-order valence-electron chi connectivity index (χ1n) is 9.86. The van der Waals surface area contributed by atoms with Crippen LogP contribution in [0, 0.1) is 11.8 Å². The van der Waals surface area contributed by atoms with E-state index < -0.39 is 0 Å². The van der Waals surface area contributed by atoms with E-state index in [0.29, 0.717) is 5.92 Å². The van der Waals surface area contributed by atoms with Crippen LogP contribution in [0.2, 0.25) is 0 Å². The van der Waals surface area contributed by atoms with E-state index >= 15 is 0 Å². The molecule has 1 aliphatic carbocycles. The monoisotopic (exact) mass is 342 g/mol. The van der Waals surface area contributed by atoms with Crippen molar-refractivity contribution < 1.29 is 10.2 Å². The number of aliphatic hydroxyl groups is 2. The van der Waals surface area contributed by atoms with Crippen LogP contribution in [0.5, 0.6) is 0 Å². The van der Waals surface area contributed by atoms with Crippen LogP contribution in [0.4, 0.5) is 0 Å². The molecule has 0 saturated carbocycles. The Labute approximate surface area is 153 Å². The van der Waals surface area contributed by atoms with E-state index in [0.717, 1.165) is 25.7 Å². The Bertz CT molecular complexity index is 609. The quantitative estimate of drug-likeness (QED) is 0.668. The molecule has 2 N–H and O–H groups in total. The molecule has 1 atom stereocenters. The molecular weight excluding hydrogens is 308 g/mol. The Morgan fingerprint density at radius 2 is 1.84 bits per heavy atom. The van der Waals surface area contributed by atoms with Gasteiger partial charge in [-0.1, -0.05) is 63.1 Å². The second-order valence-corrected chi connectivity index (χ2v) is 7.40. The maximum absolute atomic E-state index is 9.23. The Balaban J connectivity index is 2.17. The second kappa shape index (κ2) is 9.94. The van der Waals surface area contributed by atoms with Crippen LogP contribution in [0.3, 0.4) is 0 Å². The zero-order chi connectivity index (χ0) is 18.2. The SMILES string of the molecule is CCCC1=CC=C(c2ccc(CCC(CO)CO)cc2CC)CC1C. The fourth-order valence-corrected chi connectivity index (χ4v) is 3.74. The summed E-state index contributed by atoms with van der Waals surface area (Å²) >= 11 is 0. The third-order valence-corrected chi connectivity index (χ3v) is 5.45. The number of hydrogen-bond acceptors (Lipinski definition) is 2. The van der Waals surface area contributed by atoms with Gasteiger partial charge in [0.15, 0.2) is 0 Å². The lowest BCUT2D eigenvalue weighted by molar-refractivity contribution is 0.144. The summed E-state index contributed by atoms with van der Waals surface area (Å²) in [6.45, 7) is 6.94. The standard InChI is InChI=1S/C23H34O2/c1-4-6-21-10-11-22(13-17(21)3)23-12-9-18(14-20(23)5-2)7-8-19(15-24)16-25/h9-12,14,17,19,24-25H,4-8,13,15-16H2,1-3H3. The van der Waals surface area contributed by atoms with Crippen molar-refractivity contribution in [2.45, 2.75) is 59.3 Å². The van der Waals surface area contributed by atoms with Gasteiger partial charge in [0, 0.05) is 19.1 Å². The molecule has 1 aromatic rings. The fraction of sp³-hybridized carbons (Fsp3) is 0.565. The molecule has 0 radical (unpaired) electrons. The smallest absolute Gasteiger partial charge is 0.0481 e. The van der Waals surface area contributed by atoms with Gasteiger partial charge in [0.2, 0.25) is 0 Å². The van der Waals surface area contributed by atoms with Gasteiger partial charge in [-0.15, -0.1) is 0 Å². The average Bonchev–Trinajstić information content (AvgIpc) is 2.64. The van der Waals surface area contributed by atoms with Gasteiger partial charge in [0.1, 0.15) is 0 Å². The maximum Gasteiger partial charge on any atom is 0.0481 e. The van der Waals surface area contributed by atoms with E-state index in [4.69, 9.17) is 0 Å². The van der Waals surface area contributed by atoms with Gasteiger partial charge in [-0.2, -0.15) is 0 Å². The van der Waals surface area contributed by atoms with Gasteiger partial charge >= 0.3 is 0 Å². The highest BCUT2D eigenvalue weighted by Crippen LogP contribution is 2.35. The Hall–Kier alpha value is -1.38. The van der Waals surface area contributed by atoms with Crippen LogP contribution < -0.4 is 0 Å². The van der Waals surface area contributed by atoms with Crippen LogP contribution in [0.15, 0.2) is 35.9 Å². The molecule has 1 unspecified atom stereocenters. The highest BCUT2D eigenvalue weighted by molar-refractivity contribution is 5.72. The molecule has 2 rings (SSSR count). The summed E-state index contributed by atoms with van der Waals surface area (Å²) in [5, 5.41) is 18.5. The van der Waals surface area contributed by atoms with E-state index in [1.165, 1.54) is 35.1 Å². The minimum absolute atomic E-state index is 0.00576. The maximum atomic E-state index is 9.23. The summed E-state index contributed by atoms with van der Waals surface area (Å²) in [5.74, 6) is 0.632. The molecule has 0 aromatic heterocycles. The molecule has 0 bridgehead atoms. The molecule has 1 aromatic carbocycles. The molecule has 138 valence electrons. The van der Waals surface area contributed by atoms with Crippen molar-refractivity contribution in [3.63, 3.8) is 0 Å². The molecular formula is C23H34O2. The number of hydrogen-bond donors (Lipinski definition) is 2. The molecule has 0 saturated heterocycles. The normalized spacial score (nSPS) is 17.6. The van der Waals surface area contributed by atoms with E-state index in [2.05, 4.69) is 51.1 Å². The van der Waals surface area contributed by atoms with Crippen LogP contribution in [0.25, 0.3) is 5.57 Å². The predicted molar refractivity (Wildman–Crippen MR) is 107 cm³/mol. The van der Waals surface area contributed by atoms with Crippen LogP contribution in [-0.4, -0.2) is 23.4 Å². The molecule has 0 amide bonds. The molecule has 25 heavy (non-hydrogen) atoms. The van der Waals surface area contributed by atoms with Gasteiger partial charge in [-0.05, 0) is 60.3 Å². The second-order valence-electron chi connectivity index (χ2n) is 7.40. The summed E-state index contributed by atoms with van der Waals surface area (Å²) in [4.78, 5) is 0. The van der Waals surface area contributed by atoms with Crippen molar-refractivity contribution in [1.29, 1.82) is 0 Å². The molecule has 1 aliphatic rings. The van der Waals surface area contributed by atoms with Crippen molar-refractivity contribution in [2.24, 2.45) is 11.8 Å². The molecule has 0 fully saturated rings. The van der Waals surface area contributed by atoms with Gasteiger partial charge in [-0.25, -0.2) is 0 Å². The van der Waals surface area contributed by atoms with Crippen molar-refractivity contribution in [3.05, 3.63) is 52.6 Å². The van der Waals surface area contributed by atoms with Gasteiger partial charge in [0.25, 0.3) is 0 Å². The minimum Gasteiger partial charge on any atom is -0.396 e. The third-order valence-electron chi connectivity index (χ3n) is 5.45. The van der Waals surface area contributed by atoms with Crippen molar-refractivity contribution in [3.8, 4) is 0 Å². The fourth-order valence-electron chi connectivity index (χ4n) is 3.74. The predicted octanol–water partition coefficient (Wildman–Crippen LogP) is 4.93. The topological polar surface area (TPSA) is 40.5 Å². The molecule has 0 heterocycles. The zero-order valence-electron chi connectivity index (χ0n) is 16.1. The van der Waals surface area contributed by atoms with Crippen LogP contribution >= 0.6 is 0 Å². The van der Waals surface area contributed by atoms with Gasteiger partial charge in [-0.3, -0.25) is 0 Å². The number of rotatable bonds is 9. The van der Waals surface area contributed by atoms with Crippen LogP contribution in [-0.2, 0) is 12.8 Å². The summed E-state index contributed by atoms with van der Waals surface area (Å²) in [7, 11) is 0. The lowest BCUT2D eigenvalue weighted by atomic mass is 9.82. The van der Waals surface area contributed by atoms with Gasteiger partial charge in [0.05, 0.1) is 0 Å². The largest absolute Gasteiger partial charge is 0.396 e. The van der Waals surface area contributed by atoms with E-state index in [1.54, 1.807) is 5.57 Å². The Morgan fingerprint density at radius 3 is 2.44 bits per heavy atom. The van der Waals surface area contributed by atoms with Gasteiger partial charge < -0.3 is 10.2 Å². The van der Waals surface area contributed by atoms with Crippen molar-refractivity contribution in [2.75, 3.05) is 13.2 Å². The summed E-state index contributed by atoms with van der Waals surface area (Å²) in [5.41, 5.74) is 7.15. The number of aliphatic hydroxyl groups excluding tert-OH is 2. The molecule has 0 spiro atoms. The molecule has 2 nitrogen and oxygen atoms in total. The first-order valence-corrected chi connectivity index (χ1v) is 9.86. The van der Waals surface area contributed by atoms with Crippen LogP contribution in [0.1, 0.15) is 63.1 Å². The molecule has 2 heteroatoms. The van der Waals surface area contributed by atoms with E-state index in [9.17, 15) is 10.2 Å². The lowest BCUT2D eigenvalue weighted by Crippen LogP contribution is -2.12. The first-order chi connectivity index (χ1) is 12.1.